The van der Waals surface area contributed by atoms with Gasteiger partial charge in [0.15, 0.2) is 0 Å². The van der Waals surface area contributed by atoms with E-state index >= 15 is 0 Å². The third-order valence-corrected chi connectivity index (χ3v) is 3.59. The second-order valence-electron chi connectivity index (χ2n) is 4.39. The second-order valence-corrected chi connectivity index (χ2v) is 5.20. The van der Waals surface area contributed by atoms with Gasteiger partial charge in [-0.3, -0.25) is 0 Å². The minimum Gasteiger partial charge on any atom is -0.497 e. The predicted molar refractivity (Wildman–Crippen MR) is 86.8 cm³/mol. The number of rotatable bonds is 3. The van der Waals surface area contributed by atoms with Crippen LogP contribution in [0.5, 0.6) is 5.75 Å². The summed E-state index contributed by atoms with van der Waals surface area (Å²) in [6, 6.07) is 9.99. The van der Waals surface area contributed by atoms with E-state index in [2.05, 4.69) is 10.6 Å². The van der Waals surface area contributed by atoms with Crippen molar-refractivity contribution in [1.29, 1.82) is 0 Å². The monoisotopic (exact) mass is 324 g/mol. The lowest BCUT2D eigenvalue weighted by molar-refractivity contribution is 0.262. The fraction of sp³-hybridized carbons (Fsp3) is 0.133. The van der Waals surface area contributed by atoms with Gasteiger partial charge >= 0.3 is 6.03 Å². The van der Waals surface area contributed by atoms with Crippen LogP contribution in [-0.2, 0) is 0 Å². The van der Waals surface area contributed by atoms with Crippen molar-refractivity contribution in [3.63, 3.8) is 0 Å². The number of carbonyl (C=O) groups is 1. The predicted octanol–water partition coefficient (Wildman–Crippen LogP) is 4.95. The van der Waals surface area contributed by atoms with Gasteiger partial charge in [-0.15, -0.1) is 0 Å². The molecule has 0 saturated carbocycles. The highest BCUT2D eigenvalue weighted by Crippen LogP contribution is 2.28. The number of hydrogen-bond donors (Lipinski definition) is 2. The van der Waals surface area contributed by atoms with Crippen molar-refractivity contribution in [2.45, 2.75) is 6.92 Å². The van der Waals surface area contributed by atoms with E-state index in [-0.39, 0.29) is 6.03 Å². The molecule has 0 saturated heterocycles. The van der Waals surface area contributed by atoms with Gasteiger partial charge in [-0.05, 0) is 48.9 Å². The van der Waals surface area contributed by atoms with Crippen LogP contribution < -0.4 is 15.4 Å². The van der Waals surface area contributed by atoms with Gasteiger partial charge in [0, 0.05) is 11.4 Å². The van der Waals surface area contributed by atoms with E-state index in [1.165, 1.54) is 0 Å². The number of methoxy groups -OCH3 is 1. The zero-order chi connectivity index (χ0) is 15.4. The molecule has 2 N–H and O–H groups in total. The van der Waals surface area contributed by atoms with Gasteiger partial charge in [0.25, 0.3) is 0 Å². The highest BCUT2D eigenvalue weighted by atomic mass is 35.5. The molecule has 2 aromatic rings. The standard InChI is InChI=1S/C15H14Cl2N2O2/c1-9-7-12(16)13(17)8-14(9)19-15(20)18-10-3-5-11(21-2)6-4-10/h3-8H,1-2H3,(H2,18,19,20). The van der Waals surface area contributed by atoms with E-state index < -0.39 is 0 Å². The Morgan fingerprint density at radius 1 is 1.05 bits per heavy atom. The maximum absolute atomic E-state index is 12.0. The summed E-state index contributed by atoms with van der Waals surface area (Å²) in [4.78, 5) is 12.0. The highest BCUT2D eigenvalue weighted by molar-refractivity contribution is 6.42. The number of aryl methyl sites for hydroxylation is 1. The molecule has 4 nitrogen and oxygen atoms in total. The largest absolute Gasteiger partial charge is 0.497 e. The lowest BCUT2D eigenvalue weighted by Crippen LogP contribution is -2.19. The number of amides is 2. The van der Waals surface area contributed by atoms with Crippen molar-refractivity contribution in [3.8, 4) is 5.75 Å². The molecule has 0 aliphatic carbocycles. The summed E-state index contributed by atoms with van der Waals surface area (Å²) in [6.07, 6.45) is 0. The summed E-state index contributed by atoms with van der Waals surface area (Å²) >= 11 is 11.9. The van der Waals surface area contributed by atoms with E-state index in [9.17, 15) is 4.79 Å². The van der Waals surface area contributed by atoms with Crippen molar-refractivity contribution in [1.82, 2.24) is 0 Å². The number of urea groups is 1. The van der Waals surface area contributed by atoms with Crippen LogP contribution in [0.1, 0.15) is 5.56 Å². The number of ether oxygens (including phenoxy) is 1. The number of halogens is 2. The molecule has 2 amide bonds. The molecule has 0 unspecified atom stereocenters. The van der Waals surface area contributed by atoms with Crippen molar-refractivity contribution >= 4 is 40.6 Å². The fourth-order valence-corrected chi connectivity index (χ4v) is 2.12. The Kier molecular flexibility index (Phi) is 4.94. The fourth-order valence-electron chi connectivity index (χ4n) is 1.74. The average molecular weight is 325 g/mol. The van der Waals surface area contributed by atoms with Crippen molar-refractivity contribution < 1.29 is 9.53 Å². The summed E-state index contributed by atoms with van der Waals surface area (Å²) in [7, 11) is 1.59. The lowest BCUT2D eigenvalue weighted by Gasteiger charge is -2.11. The maximum atomic E-state index is 12.0. The normalized spacial score (nSPS) is 10.1. The molecule has 0 aliphatic rings. The average Bonchev–Trinajstić information content (AvgIpc) is 2.45. The molecule has 0 fully saturated rings. The molecule has 0 atom stereocenters. The van der Waals surface area contributed by atoms with E-state index in [1.54, 1.807) is 43.5 Å². The van der Waals surface area contributed by atoms with E-state index in [4.69, 9.17) is 27.9 Å². The third-order valence-electron chi connectivity index (χ3n) is 2.86. The van der Waals surface area contributed by atoms with E-state index in [0.717, 1.165) is 11.3 Å². The molecule has 0 aromatic heterocycles. The minimum atomic E-state index is -0.360. The van der Waals surface area contributed by atoms with Crippen LogP contribution in [0.3, 0.4) is 0 Å². The van der Waals surface area contributed by atoms with Gasteiger partial charge in [-0.25, -0.2) is 4.79 Å². The van der Waals surface area contributed by atoms with Crippen LogP contribution in [0.2, 0.25) is 10.0 Å². The molecule has 6 heteroatoms. The van der Waals surface area contributed by atoms with Crippen LogP contribution in [0.4, 0.5) is 16.2 Å². The first-order valence-electron chi connectivity index (χ1n) is 6.17. The maximum Gasteiger partial charge on any atom is 0.323 e. The zero-order valence-electron chi connectivity index (χ0n) is 11.5. The highest BCUT2D eigenvalue weighted by Gasteiger charge is 2.08. The van der Waals surface area contributed by atoms with Gasteiger partial charge in [0.05, 0.1) is 17.2 Å². The topological polar surface area (TPSA) is 50.4 Å². The summed E-state index contributed by atoms with van der Waals surface area (Å²) < 4.78 is 5.05. The van der Waals surface area contributed by atoms with Gasteiger partial charge in [0.1, 0.15) is 5.75 Å². The van der Waals surface area contributed by atoms with E-state index in [1.807, 2.05) is 6.92 Å². The molecular weight excluding hydrogens is 311 g/mol. The molecule has 0 aliphatic heterocycles. The number of nitrogens with one attached hydrogen (secondary N) is 2. The first-order chi connectivity index (χ1) is 9.99. The SMILES string of the molecule is COc1ccc(NC(=O)Nc2cc(Cl)c(Cl)cc2C)cc1. The Morgan fingerprint density at radius 2 is 1.67 bits per heavy atom. The molecule has 110 valence electrons. The van der Waals surface area contributed by atoms with Gasteiger partial charge < -0.3 is 15.4 Å². The first kappa shape index (κ1) is 15.5. The van der Waals surface area contributed by atoms with Crippen LogP contribution in [0.25, 0.3) is 0 Å². The number of anilines is 2. The minimum absolute atomic E-state index is 0.360. The van der Waals surface area contributed by atoms with Crippen LogP contribution in [0.15, 0.2) is 36.4 Å². The third kappa shape index (κ3) is 4.03. The van der Waals surface area contributed by atoms with Crippen LogP contribution >= 0.6 is 23.2 Å². The van der Waals surface area contributed by atoms with Gasteiger partial charge in [-0.1, -0.05) is 23.2 Å². The van der Waals surface area contributed by atoms with E-state index in [0.29, 0.717) is 21.4 Å². The molecule has 0 spiro atoms. The summed E-state index contributed by atoms with van der Waals surface area (Å²) in [6.45, 7) is 1.84. The number of hydrogen-bond acceptors (Lipinski definition) is 2. The number of carbonyl (C=O) groups excluding carboxylic acids is 1. The Morgan fingerprint density at radius 3 is 2.29 bits per heavy atom. The summed E-state index contributed by atoms with van der Waals surface area (Å²) in [5, 5.41) is 6.30. The summed E-state index contributed by atoms with van der Waals surface area (Å²) in [5.41, 5.74) is 2.09. The first-order valence-corrected chi connectivity index (χ1v) is 6.93. The molecule has 0 radical (unpaired) electrons. The van der Waals surface area contributed by atoms with Crippen molar-refractivity contribution in [2.75, 3.05) is 17.7 Å². The Balaban J connectivity index is 2.06. The quantitative estimate of drug-likeness (QED) is 0.838. The van der Waals surface area contributed by atoms with Crippen molar-refractivity contribution in [2.24, 2.45) is 0 Å². The zero-order valence-corrected chi connectivity index (χ0v) is 13.0. The molecule has 0 heterocycles. The molecular formula is C15H14Cl2N2O2. The second kappa shape index (κ2) is 6.70. The lowest BCUT2D eigenvalue weighted by atomic mass is 10.2. The summed E-state index contributed by atoms with van der Waals surface area (Å²) in [5.74, 6) is 0.723. The number of benzene rings is 2. The Labute approximate surface area is 133 Å². The molecule has 21 heavy (non-hydrogen) atoms. The smallest absolute Gasteiger partial charge is 0.323 e. The molecule has 2 rings (SSSR count). The van der Waals surface area contributed by atoms with Crippen molar-refractivity contribution in [3.05, 3.63) is 52.0 Å². The Bertz CT molecular complexity index is 657. The van der Waals surface area contributed by atoms with Crippen LogP contribution in [0, 0.1) is 6.92 Å². The molecule has 0 bridgehead atoms. The van der Waals surface area contributed by atoms with Crippen LogP contribution in [-0.4, -0.2) is 13.1 Å². The van der Waals surface area contributed by atoms with Gasteiger partial charge in [0.2, 0.25) is 0 Å². The Hall–Kier alpha value is -1.91. The van der Waals surface area contributed by atoms with Gasteiger partial charge in [-0.2, -0.15) is 0 Å². The molecule has 2 aromatic carbocycles.